The Morgan fingerprint density at radius 2 is 2.00 bits per heavy atom. The molecule has 0 spiro atoms. The van der Waals surface area contributed by atoms with Gasteiger partial charge in [-0.05, 0) is 37.1 Å². The molecule has 28 heavy (non-hydrogen) atoms. The van der Waals surface area contributed by atoms with E-state index in [2.05, 4.69) is 20.9 Å². The maximum absolute atomic E-state index is 12.6. The topological polar surface area (TPSA) is 101 Å². The van der Waals surface area contributed by atoms with Crippen LogP contribution in [0.2, 0.25) is 0 Å². The van der Waals surface area contributed by atoms with E-state index in [1.807, 2.05) is 4.68 Å². The van der Waals surface area contributed by atoms with Crippen LogP contribution in [0.25, 0.3) is 0 Å². The molecule has 0 bridgehead atoms. The fraction of sp³-hybridized carbons (Fsp3) is 0.474. The van der Waals surface area contributed by atoms with Crippen LogP contribution in [0.5, 0.6) is 5.75 Å². The number of anilines is 1. The number of amides is 3. The van der Waals surface area contributed by atoms with Gasteiger partial charge in [-0.25, -0.2) is 9.48 Å². The van der Waals surface area contributed by atoms with E-state index in [1.54, 1.807) is 36.3 Å². The normalized spacial score (nSPS) is 15.7. The zero-order valence-corrected chi connectivity index (χ0v) is 15.9. The SMILES string of the molecule is COc1ccc(NC(=O)N2CCn3nnc(CCC(=O)NC4CC4)c3C2)cc1. The van der Waals surface area contributed by atoms with Gasteiger partial charge in [0.15, 0.2) is 0 Å². The van der Waals surface area contributed by atoms with Crippen LogP contribution in [0.3, 0.4) is 0 Å². The molecular weight excluding hydrogens is 360 g/mol. The third-order valence-electron chi connectivity index (χ3n) is 5.00. The summed E-state index contributed by atoms with van der Waals surface area (Å²) in [6, 6.07) is 7.39. The van der Waals surface area contributed by atoms with Crippen LogP contribution in [0.4, 0.5) is 10.5 Å². The van der Waals surface area contributed by atoms with Crippen LogP contribution in [-0.2, 0) is 24.3 Å². The van der Waals surface area contributed by atoms with Gasteiger partial charge in [-0.2, -0.15) is 0 Å². The third kappa shape index (κ3) is 4.24. The van der Waals surface area contributed by atoms with E-state index in [0.29, 0.717) is 44.2 Å². The van der Waals surface area contributed by atoms with Gasteiger partial charge in [0.2, 0.25) is 5.91 Å². The molecule has 0 radical (unpaired) electrons. The summed E-state index contributed by atoms with van der Waals surface area (Å²) >= 11 is 0. The molecule has 3 amide bonds. The fourth-order valence-corrected chi connectivity index (χ4v) is 3.20. The molecule has 1 aromatic carbocycles. The quantitative estimate of drug-likeness (QED) is 0.787. The van der Waals surface area contributed by atoms with Gasteiger partial charge in [0.1, 0.15) is 5.75 Å². The van der Waals surface area contributed by atoms with Crippen LogP contribution < -0.4 is 15.4 Å². The van der Waals surface area contributed by atoms with Crippen molar-refractivity contribution in [2.45, 2.75) is 44.8 Å². The first kappa shape index (κ1) is 18.3. The van der Waals surface area contributed by atoms with Gasteiger partial charge in [0.05, 0.1) is 31.6 Å². The number of urea groups is 1. The molecular formula is C19H24N6O3. The minimum Gasteiger partial charge on any atom is -0.497 e. The Balaban J connectivity index is 1.35. The van der Waals surface area contributed by atoms with Gasteiger partial charge < -0.3 is 20.3 Å². The first-order chi connectivity index (χ1) is 13.6. The first-order valence-corrected chi connectivity index (χ1v) is 9.53. The molecule has 9 nitrogen and oxygen atoms in total. The number of fused-ring (bicyclic) bond motifs is 1. The molecule has 9 heteroatoms. The molecule has 1 aliphatic heterocycles. The van der Waals surface area contributed by atoms with Crippen LogP contribution in [0.1, 0.15) is 30.7 Å². The number of aromatic nitrogens is 3. The summed E-state index contributed by atoms with van der Waals surface area (Å²) in [6.45, 7) is 1.57. The highest BCUT2D eigenvalue weighted by molar-refractivity contribution is 5.89. The lowest BCUT2D eigenvalue weighted by atomic mass is 10.1. The fourth-order valence-electron chi connectivity index (χ4n) is 3.20. The largest absolute Gasteiger partial charge is 0.497 e. The molecule has 4 rings (SSSR count). The summed E-state index contributed by atoms with van der Waals surface area (Å²) in [5.74, 6) is 0.787. The highest BCUT2D eigenvalue weighted by Crippen LogP contribution is 2.20. The van der Waals surface area contributed by atoms with Crippen molar-refractivity contribution >= 4 is 17.6 Å². The Morgan fingerprint density at radius 3 is 2.71 bits per heavy atom. The predicted molar refractivity (Wildman–Crippen MR) is 102 cm³/mol. The van der Waals surface area contributed by atoms with Crippen molar-refractivity contribution in [1.82, 2.24) is 25.2 Å². The van der Waals surface area contributed by atoms with E-state index in [0.717, 1.165) is 30.0 Å². The number of benzene rings is 1. The maximum atomic E-state index is 12.6. The summed E-state index contributed by atoms with van der Waals surface area (Å²) in [5, 5.41) is 14.3. The molecule has 1 saturated carbocycles. The average Bonchev–Trinajstić information content (AvgIpc) is 3.43. The summed E-state index contributed by atoms with van der Waals surface area (Å²) in [7, 11) is 1.60. The highest BCUT2D eigenvalue weighted by atomic mass is 16.5. The van der Waals surface area contributed by atoms with E-state index in [-0.39, 0.29) is 11.9 Å². The zero-order valence-electron chi connectivity index (χ0n) is 15.9. The number of rotatable bonds is 6. The van der Waals surface area contributed by atoms with Gasteiger partial charge in [-0.1, -0.05) is 5.21 Å². The number of nitrogens with one attached hydrogen (secondary N) is 2. The zero-order chi connectivity index (χ0) is 19.5. The second-order valence-corrected chi connectivity index (χ2v) is 7.13. The van der Waals surface area contributed by atoms with Crippen molar-refractivity contribution < 1.29 is 14.3 Å². The Labute approximate surface area is 163 Å². The van der Waals surface area contributed by atoms with E-state index in [9.17, 15) is 9.59 Å². The Morgan fingerprint density at radius 1 is 1.21 bits per heavy atom. The molecule has 2 aliphatic rings. The highest BCUT2D eigenvalue weighted by Gasteiger charge is 2.26. The number of nitrogens with zero attached hydrogens (tertiary/aromatic N) is 4. The van der Waals surface area contributed by atoms with Gasteiger partial charge in [-0.15, -0.1) is 5.10 Å². The minimum absolute atomic E-state index is 0.0502. The van der Waals surface area contributed by atoms with Gasteiger partial charge >= 0.3 is 6.03 Å². The Kier molecular flexibility index (Phi) is 5.14. The second kappa shape index (κ2) is 7.87. The summed E-state index contributed by atoms with van der Waals surface area (Å²) in [4.78, 5) is 26.3. The molecule has 0 saturated heterocycles. The molecule has 0 unspecified atom stereocenters. The molecule has 2 aromatic rings. The van der Waals surface area contributed by atoms with Crippen molar-refractivity contribution in [2.24, 2.45) is 0 Å². The lowest BCUT2D eigenvalue weighted by Crippen LogP contribution is -2.41. The molecule has 1 aromatic heterocycles. The second-order valence-electron chi connectivity index (χ2n) is 7.13. The minimum atomic E-state index is -0.171. The van der Waals surface area contributed by atoms with Gasteiger partial charge in [-0.3, -0.25) is 4.79 Å². The van der Waals surface area contributed by atoms with Crippen molar-refractivity contribution in [3.05, 3.63) is 35.7 Å². The monoisotopic (exact) mass is 384 g/mol. The van der Waals surface area contributed by atoms with E-state index >= 15 is 0 Å². The van der Waals surface area contributed by atoms with Gasteiger partial charge in [0.25, 0.3) is 0 Å². The lowest BCUT2D eigenvalue weighted by molar-refractivity contribution is -0.121. The van der Waals surface area contributed by atoms with Crippen molar-refractivity contribution in [2.75, 3.05) is 19.0 Å². The molecule has 2 N–H and O–H groups in total. The van der Waals surface area contributed by atoms with E-state index in [4.69, 9.17) is 4.74 Å². The number of hydrogen-bond donors (Lipinski definition) is 2. The first-order valence-electron chi connectivity index (χ1n) is 9.53. The Hall–Kier alpha value is -3.10. The standard InChI is InChI=1S/C19H24N6O3/c1-28-15-6-4-14(5-7-15)21-19(27)24-10-11-25-17(12-24)16(22-23-25)8-9-18(26)20-13-2-3-13/h4-7,13H,2-3,8-12H2,1H3,(H,20,26)(H,21,27). The maximum Gasteiger partial charge on any atom is 0.322 e. The number of hydrogen-bond acceptors (Lipinski definition) is 5. The summed E-state index contributed by atoms with van der Waals surface area (Å²) < 4.78 is 6.95. The van der Waals surface area contributed by atoms with Crippen molar-refractivity contribution in [3.8, 4) is 5.75 Å². The summed E-state index contributed by atoms with van der Waals surface area (Å²) in [6.07, 6.45) is 3.07. The number of ether oxygens (including phenoxy) is 1. The molecule has 148 valence electrons. The van der Waals surface area contributed by atoms with E-state index in [1.165, 1.54) is 0 Å². The molecule has 2 heterocycles. The third-order valence-corrected chi connectivity index (χ3v) is 5.00. The van der Waals surface area contributed by atoms with Crippen molar-refractivity contribution in [1.29, 1.82) is 0 Å². The molecule has 1 aliphatic carbocycles. The van der Waals surface area contributed by atoms with Crippen LogP contribution in [-0.4, -0.2) is 51.5 Å². The predicted octanol–water partition coefficient (Wildman–Crippen LogP) is 1.55. The van der Waals surface area contributed by atoms with Crippen molar-refractivity contribution in [3.63, 3.8) is 0 Å². The number of aryl methyl sites for hydroxylation is 1. The number of carbonyl (C=O) groups is 2. The van der Waals surface area contributed by atoms with Gasteiger partial charge in [0, 0.05) is 31.1 Å². The number of methoxy groups -OCH3 is 1. The van der Waals surface area contributed by atoms with Crippen LogP contribution in [0, 0.1) is 0 Å². The van der Waals surface area contributed by atoms with Crippen LogP contribution in [0.15, 0.2) is 24.3 Å². The molecule has 1 fully saturated rings. The average molecular weight is 384 g/mol. The van der Waals surface area contributed by atoms with E-state index < -0.39 is 0 Å². The lowest BCUT2D eigenvalue weighted by Gasteiger charge is -2.28. The number of carbonyl (C=O) groups excluding carboxylic acids is 2. The summed E-state index contributed by atoms with van der Waals surface area (Å²) in [5.41, 5.74) is 2.39. The smallest absolute Gasteiger partial charge is 0.322 e. The Bertz CT molecular complexity index is 859. The molecule has 0 atom stereocenters. The van der Waals surface area contributed by atoms with Crippen LogP contribution >= 0.6 is 0 Å².